The molecule has 1 amide bonds. The van der Waals surface area contributed by atoms with Gasteiger partial charge < -0.3 is 9.88 Å². The molecule has 0 aliphatic rings. The molecular formula is C12H14ClN5OS. The van der Waals surface area contributed by atoms with Gasteiger partial charge in [-0.3, -0.25) is 4.79 Å². The molecule has 2 aromatic heterocycles. The lowest BCUT2D eigenvalue weighted by atomic mass is 10.4. The van der Waals surface area contributed by atoms with E-state index in [0.717, 1.165) is 6.54 Å². The summed E-state index contributed by atoms with van der Waals surface area (Å²) in [6.07, 6.45) is 3.21. The molecule has 1 N–H and O–H groups in total. The van der Waals surface area contributed by atoms with Crippen LogP contribution in [0.3, 0.4) is 0 Å². The first kappa shape index (κ1) is 14.8. The maximum absolute atomic E-state index is 12.1. The van der Waals surface area contributed by atoms with Crippen LogP contribution in [0.4, 0.5) is 5.69 Å². The fourth-order valence-corrected chi connectivity index (χ4v) is 2.53. The zero-order valence-electron chi connectivity index (χ0n) is 11.1. The third-order valence-corrected chi connectivity index (χ3v) is 3.98. The molecule has 6 nitrogen and oxygen atoms in total. The van der Waals surface area contributed by atoms with Gasteiger partial charge in [-0.2, -0.15) is 0 Å². The Morgan fingerprint density at radius 3 is 3.10 bits per heavy atom. The number of rotatable bonds is 5. The summed E-state index contributed by atoms with van der Waals surface area (Å²) in [5.41, 5.74) is 0.503. The first-order valence-corrected chi connectivity index (χ1v) is 7.33. The van der Waals surface area contributed by atoms with E-state index in [1.807, 2.05) is 11.5 Å². The molecular weight excluding hydrogens is 298 g/mol. The number of hydrogen-bond acceptors (Lipinski definition) is 5. The van der Waals surface area contributed by atoms with Crippen molar-refractivity contribution in [2.24, 2.45) is 0 Å². The van der Waals surface area contributed by atoms with Crippen LogP contribution in [0.5, 0.6) is 0 Å². The van der Waals surface area contributed by atoms with Crippen molar-refractivity contribution in [2.45, 2.75) is 30.8 Å². The SMILES string of the molecule is CCn1cnnc1S[C@@H](C)C(=O)Nc1cccnc1Cl. The number of nitrogens with one attached hydrogen (secondary N) is 1. The predicted molar refractivity (Wildman–Crippen MR) is 78.9 cm³/mol. The summed E-state index contributed by atoms with van der Waals surface area (Å²) in [5.74, 6) is -0.157. The summed E-state index contributed by atoms with van der Waals surface area (Å²) in [6, 6.07) is 3.42. The Hall–Kier alpha value is -1.60. The highest BCUT2D eigenvalue weighted by Crippen LogP contribution is 2.23. The molecule has 106 valence electrons. The molecule has 0 spiro atoms. The smallest absolute Gasteiger partial charge is 0.237 e. The first-order chi connectivity index (χ1) is 9.61. The van der Waals surface area contributed by atoms with Gasteiger partial charge in [-0.25, -0.2) is 4.98 Å². The summed E-state index contributed by atoms with van der Waals surface area (Å²) in [7, 11) is 0. The van der Waals surface area contributed by atoms with Gasteiger partial charge >= 0.3 is 0 Å². The van der Waals surface area contributed by atoms with E-state index < -0.39 is 0 Å². The van der Waals surface area contributed by atoms with Gasteiger partial charge in [0, 0.05) is 12.7 Å². The Morgan fingerprint density at radius 2 is 2.40 bits per heavy atom. The maximum atomic E-state index is 12.1. The van der Waals surface area contributed by atoms with Crippen LogP contribution in [0, 0.1) is 0 Å². The highest BCUT2D eigenvalue weighted by molar-refractivity contribution is 8.00. The topological polar surface area (TPSA) is 72.7 Å². The van der Waals surface area contributed by atoms with Crippen molar-refractivity contribution in [3.63, 3.8) is 0 Å². The lowest BCUT2D eigenvalue weighted by Crippen LogP contribution is -2.23. The highest BCUT2D eigenvalue weighted by Gasteiger charge is 2.18. The third-order valence-electron chi connectivity index (χ3n) is 2.59. The number of aryl methyl sites for hydroxylation is 1. The van der Waals surface area contributed by atoms with E-state index in [0.29, 0.717) is 10.8 Å². The molecule has 20 heavy (non-hydrogen) atoms. The second-order valence-electron chi connectivity index (χ2n) is 3.99. The molecule has 0 fully saturated rings. The normalized spacial score (nSPS) is 12.2. The monoisotopic (exact) mass is 311 g/mol. The third kappa shape index (κ3) is 3.49. The Labute approximate surface area is 125 Å². The van der Waals surface area contributed by atoms with Gasteiger partial charge in [0.15, 0.2) is 10.3 Å². The minimum Gasteiger partial charge on any atom is -0.322 e. The summed E-state index contributed by atoms with van der Waals surface area (Å²) in [4.78, 5) is 16.0. The van der Waals surface area contributed by atoms with E-state index in [1.165, 1.54) is 11.8 Å². The van der Waals surface area contributed by atoms with E-state index in [9.17, 15) is 4.79 Å². The number of aromatic nitrogens is 4. The fraction of sp³-hybridized carbons (Fsp3) is 0.333. The summed E-state index contributed by atoms with van der Waals surface area (Å²) in [5, 5.41) is 11.2. The zero-order chi connectivity index (χ0) is 14.5. The molecule has 1 atom stereocenters. The van der Waals surface area contributed by atoms with Gasteiger partial charge in [0.25, 0.3) is 0 Å². The average molecular weight is 312 g/mol. The second kappa shape index (κ2) is 6.71. The van der Waals surface area contributed by atoms with Crippen LogP contribution in [0.15, 0.2) is 29.8 Å². The molecule has 8 heteroatoms. The van der Waals surface area contributed by atoms with Gasteiger partial charge in [-0.1, -0.05) is 23.4 Å². The van der Waals surface area contributed by atoms with Gasteiger partial charge in [-0.15, -0.1) is 10.2 Å². The number of halogens is 1. The Morgan fingerprint density at radius 1 is 1.60 bits per heavy atom. The van der Waals surface area contributed by atoms with Crippen molar-refractivity contribution in [1.29, 1.82) is 0 Å². The molecule has 2 heterocycles. The number of carbonyl (C=O) groups is 1. The van der Waals surface area contributed by atoms with Crippen molar-refractivity contribution in [2.75, 3.05) is 5.32 Å². The van der Waals surface area contributed by atoms with Crippen LogP contribution in [0.1, 0.15) is 13.8 Å². The number of anilines is 1. The van der Waals surface area contributed by atoms with E-state index in [2.05, 4.69) is 20.5 Å². The summed E-state index contributed by atoms with van der Waals surface area (Å²) < 4.78 is 1.88. The van der Waals surface area contributed by atoms with Gasteiger partial charge in [0.05, 0.1) is 10.9 Å². The number of pyridine rings is 1. The van der Waals surface area contributed by atoms with Crippen molar-refractivity contribution in [3.05, 3.63) is 29.8 Å². The summed E-state index contributed by atoms with van der Waals surface area (Å²) >= 11 is 7.25. The number of amides is 1. The molecule has 2 rings (SSSR count). The fourth-order valence-electron chi connectivity index (χ4n) is 1.48. The minimum absolute atomic E-state index is 0.157. The van der Waals surface area contributed by atoms with Gasteiger partial charge in [-0.05, 0) is 26.0 Å². The van der Waals surface area contributed by atoms with E-state index in [4.69, 9.17) is 11.6 Å². The largest absolute Gasteiger partial charge is 0.322 e. The van der Waals surface area contributed by atoms with Crippen molar-refractivity contribution in [3.8, 4) is 0 Å². The number of carbonyl (C=O) groups excluding carboxylic acids is 1. The number of hydrogen-bond donors (Lipinski definition) is 1. The molecule has 0 saturated heterocycles. The molecule has 0 aliphatic heterocycles. The standard InChI is InChI=1S/C12H14ClN5OS/c1-3-18-7-15-17-12(18)20-8(2)11(19)16-9-5-4-6-14-10(9)13/h4-8H,3H2,1-2H3,(H,16,19)/t8-/m0/s1. The van der Waals surface area contributed by atoms with E-state index >= 15 is 0 Å². The van der Waals surface area contributed by atoms with Crippen LogP contribution < -0.4 is 5.32 Å². The molecule has 0 saturated carbocycles. The lowest BCUT2D eigenvalue weighted by molar-refractivity contribution is -0.115. The Balaban J connectivity index is 2.01. The van der Waals surface area contributed by atoms with Crippen LogP contribution >= 0.6 is 23.4 Å². The molecule has 0 bridgehead atoms. The predicted octanol–water partition coefficient (Wildman–Crippen LogP) is 2.47. The molecule has 0 aliphatic carbocycles. The van der Waals surface area contributed by atoms with Gasteiger partial charge in [0.2, 0.25) is 5.91 Å². The second-order valence-corrected chi connectivity index (χ2v) is 5.66. The number of nitrogens with zero attached hydrogens (tertiary/aromatic N) is 4. The summed E-state index contributed by atoms with van der Waals surface area (Å²) in [6.45, 7) is 4.56. The van der Waals surface area contributed by atoms with E-state index in [-0.39, 0.29) is 16.3 Å². The van der Waals surface area contributed by atoms with Crippen molar-refractivity contribution >= 4 is 35.0 Å². The van der Waals surface area contributed by atoms with E-state index in [1.54, 1.807) is 31.6 Å². The van der Waals surface area contributed by atoms with Crippen molar-refractivity contribution < 1.29 is 4.79 Å². The molecule has 2 aromatic rings. The highest BCUT2D eigenvalue weighted by atomic mass is 35.5. The molecule has 0 unspecified atom stereocenters. The number of thioether (sulfide) groups is 1. The quantitative estimate of drug-likeness (QED) is 0.678. The Bertz CT molecular complexity index is 603. The van der Waals surface area contributed by atoms with Crippen LogP contribution in [0.25, 0.3) is 0 Å². The molecule has 0 radical (unpaired) electrons. The Kier molecular flexibility index (Phi) is 4.97. The zero-order valence-corrected chi connectivity index (χ0v) is 12.6. The maximum Gasteiger partial charge on any atom is 0.237 e. The van der Waals surface area contributed by atoms with Crippen LogP contribution in [-0.2, 0) is 11.3 Å². The molecule has 0 aromatic carbocycles. The van der Waals surface area contributed by atoms with Crippen LogP contribution in [-0.4, -0.2) is 30.9 Å². The van der Waals surface area contributed by atoms with Crippen LogP contribution in [0.2, 0.25) is 5.15 Å². The minimum atomic E-state index is -0.319. The first-order valence-electron chi connectivity index (χ1n) is 6.07. The lowest BCUT2D eigenvalue weighted by Gasteiger charge is -2.12. The van der Waals surface area contributed by atoms with Crippen molar-refractivity contribution in [1.82, 2.24) is 19.7 Å². The van der Waals surface area contributed by atoms with Gasteiger partial charge in [0.1, 0.15) is 6.33 Å². The average Bonchev–Trinajstić information content (AvgIpc) is 2.88.